The molecule has 0 aliphatic carbocycles. The monoisotopic (exact) mass is 294 g/mol. The standard InChI is InChI=1S/C16H27N3O2/c1-14-13-15(20)17(2)16(21)19(14)12-6-4-3-5-9-18-10-7-8-11-18/h13H,3-12H2,1-2H3/p+1. The molecule has 1 aliphatic rings. The van der Waals surface area contributed by atoms with Crippen LogP contribution < -0.4 is 16.1 Å². The number of nitrogens with zero attached hydrogens (tertiary/aromatic N) is 2. The van der Waals surface area contributed by atoms with Crippen LogP contribution in [0.3, 0.4) is 0 Å². The van der Waals surface area contributed by atoms with Gasteiger partial charge in [-0.15, -0.1) is 0 Å². The SMILES string of the molecule is Cc1cc(=O)n(C)c(=O)n1CCCCCC[NH+]1CCCC1. The summed E-state index contributed by atoms with van der Waals surface area (Å²) in [6, 6.07) is 1.54. The minimum Gasteiger partial charge on any atom is -0.335 e. The van der Waals surface area contributed by atoms with Crippen molar-refractivity contribution in [1.29, 1.82) is 0 Å². The van der Waals surface area contributed by atoms with E-state index >= 15 is 0 Å². The first-order chi connectivity index (χ1) is 10.1. The molecule has 1 aromatic heterocycles. The van der Waals surface area contributed by atoms with E-state index < -0.39 is 0 Å². The lowest BCUT2D eigenvalue weighted by Crippen LogP contribution is -3.09. The number of unbranched alkanes of at least 4 members (excludes halogenated alkanes) is 3. The summed E-state index contributed by atoms with van der Waals surface area (Å²) in [5.74, 6) is 0. The highest BCUT2D eigenvalue weighted by Gasteiger charge is 2.13. The van der Waals surface area contributed by atoms with Gasteiger partial charge in [0.15, 0.2) is 0 Å². The number of hydrogen-bond donors (Lipinski definition) is 1. The molecule has 0 amide bonds. The zero-order valence-corrected chi connectivity index (χ0v) is 13.4. The molecule has 0 bridgehead atoms. The van der Waals surface area contributed by atoms with Gasteiger partial charge in [-0.1, -0.05) is 6.42 Å². The van der Waals surface area contributed by atoms with Crippen molar-refractivity contribution in [3.8, 4) is 0 Å². The van der Waals surface area contributed by atoms with Gasteiger partial charge in [-0.2, -0.15) is 0 Å². The molecular weight excluding hydrogens is 266 g/mol. The predicted molar refractivity (Wildman–Crippen MR) is 83.9 cm³/mol. The normalized spacial score (nSPS) is 15.7. The molecule has 118 valence electrons. The van der Waals surface area contributed by atoms with Crippen LogP contribution in [0.15, 0.2) is 15.7 Å². The Kier molecular flexibility index (Phi) is 5.79. The minimum absolute atomic E-state index is 0.193. The second kappa shape index (κ2) is 7.59. The van der Waals surface area contributed by atoms with Crippen molar-refractivity contribution >= 4 is 0 Å². The summed E-state index contributed by atoms with van der Waals surface area (Å²) in [5.41, 5.74) is 0.355. The predicted octanol–water partition coefficient (Wildman–Crippen LogP) is 0.0945. The highest BCUT2D eigenvalue weighted by Crippen LogP contribution is 2.02. The zero-order chi connectivity index (χ0) is 15.2. The smallest absolute Gasteiger partial charge is 0.330 e. The van der Waals surface area contributed by atoms with Crippen molar-refractivity contribution < 1.29 is 4.90 Å². The molecule has 0 saturated carbocycles. The number of hydrogen-bond acceptors (Lipinski definition) is 2. The molecule has 1 aliphatic heterocycles. The first-order valence-electron chi connectivity index (χ1n) is 8.20. The Morgan fingerprint density at radius 2 is 1.76 bits per heavy atom. The van der Waals surface area contributed by atoms with Crippen molar-refractivity contribution in [3.63, 3.8) is 0 Å². The van der Waals surface area contributed by atoms with Crippen LogP contribution in [0.25, 0.3) is 0 Å². The summed E-state index contributed by atoms with van der Waals surface area (Å²) < 4.78 is 2.90. The van der Waals surface area contributed by atoms with Gasteiger partial charge >= 0.3 is 5.69 Å². The summed E-state index contributed by atoms with van der Waals surface area (Å²) >= 11 is 0. The highest BCUT2D eigenvalue weighted by molar-refractivity contribution is 4.99. The molecule has 0 atom stereocenters. The topological polar surface area (TPSA) is 48.4 Å². The average Bonchev–Trinajstić information content (AvgIpc) is 2.96. The number of likely N-dealkylation sites (tertiary alicyclic amines) is 1. The fourth-order valence-corrected chi connectivity index (χ4v) is 3.18. The Hall–Kier alpha value is -1.36. The Labute approximate surface area is 126 Å². The lowest BCUT2D eigenvalue weighted by Gasteiger charge is -2.12. The molecular formula is C16H28N3O2+. The average molecular weight is 294 g/mol. The van der Waals surface area contributed by atoms with E-state index in [1.54, 1.807) is 16.5 Å². The molecule has 0 radical (unpaired) electrons. The summed E-state index contributed by atoms with van der Waals surface area (Å²) in [7, 11) is 1.54. The van der Waals surface area contributed by atoms with Gasteiger partial charge in [0.1, 0.15) is 0 Å². The molecule has 0 unspecified atom stereocenters. The molecule has 5 nitrogen and oxygen atoms in total. The van der Waals surface area contributed by atoms with Crippen LogP contribution in [0.4, 0.5) is 0 Å². The van der Waals surface area contributed by atoms with E-state index in [4.69, 9.17) is 0 Å². The second-order valence-electron chi connectivity index (χ2n) is 6.24. The van der Waals surface area contributed by atoms with Gasteiger partial charge in [-0.05, 0) is 26.2 Å². The lowest BCUT2D eigenvalue weighted by atomic mass is 10.2. The number of aromatic nitrogens is 2. The molecule has 1 aromatic rings. The van der Waals surface area contributed by atoms with E-state index in [0.717, 1.165) is 25.1 Å². The molecule has 0 spiro atoms. The van der Waals surface area contributed by atoms with E-state index in [0.29, 0.717) is 0 Å². The maximum atomic E-state index is 12.0. The molecule has 0 aromatic carbocycles. The first kappa shape index (κ1) is 16.0. The van der Waals surface area contributed by atoms with Gasteiger partial charge in [0.05, 0.1) is 19.6 Å². The van der Waals surface area contributed by atoms with Crippen molar-refractivity contribution in [2.75, 3.05) is 19.6 Å². The Bertz CT molecular complexity index is 568. The van der Waals surface area contributed by atoms with Crippen molar-refractivity contribution in [2.45, 2.75) is 52.0 Å². The second-order valence-corrected chi connectivity index (χ2v) is 6.24. The van der Waals surface area contributed by atoms with Crippen LogP contribution in [0.1, 0.15) is 44.2 Å². The zero-order valence-electron chi connectivity index (χ0n) is 13.4. The van der Waals surface area contributed by atoms with E-state index in [1.165, 1.54) is 56.0 Å². The fourth-order valence-electron chi connectivity index (χ4n) is 3.18. The summed E-state index contributed by atoms with van der Waals surface area (Å²) in [5, 5.41) is 0. The maximum Gasteiger partial charge on any atom is 0.330 e. The van der Waals surface area contributed by atoms with Crippen LogP contribution in [0.2, 0.25) is 0 Å². The van der Waals surface area contributed by atoms with Crippen LogP contribution >= 0.6 is 0 Å². The third-order valence-electron chi connectivity index (χ3n) is 4.58. The van der Waals surface area contributed by atoms with Gasteiger partial charge in [-0.3, -0.25) is 13.9 Å². The number of aryl methyl sites for hydroxylation is 1. The largest absolute Gasteiger partial charge is 0.335 e. The van der Waals surface area contributed by atoms with E-state index in [9.17, 15) is 9.59 Å². The highest BCUT2D eigenvalue weighted by atomic mass is 16.2. The summed E-state index contributed by atoms with van der Waals surface area (Å²) in [6.07, 6.45) is 7.48. The first-order valence-corrected chi connectivity index (χ1v) is 8.20. The van der Waals surface area contributed by atoms with Gasteiger partial charge < -0.3 is 4.90 Å². The molecule has 2 heterocycles. The lowest BCUT2D eigenvalue weighted by molar-refractivity contribution is -0.887. The Morgan fingerprint density at radius 1 is 1.10 bits per heavy atom. The maximum absolute atomic E-state index is 12.0. The van der Waals surface area contributed by atoms with Crippen LogP contribution in [-0.4, -0.2) is 28.8 Å². The number of nitrogens with one attached hydrogen (secondary N) is 1. The molecule has 1 saturated heterocycles. The van der Waals surface area contributed by atoms with Crippen LogP contribution in [0.5, 0.6) is 0 Å². The Balaban J connectivity index is 1.72. The molecule has 1 N–H and O–H groups in total. The molecule has 5 heteroatoms. The van der Waals surface area contributed by atoms with Gasteiger partial charge in [-0.25, -0.2) is 4.79 Å². The summed E-state index contributed by atoms with van der Waals surface area (Å²) in [6.45, 7) is 6.56. The quantitative estimate of drug-likeness (QED) is 0.725. The molecule has 21 heavy (non-hydrogen) atoms. The minimum atomic E-state index is -0.220. The number of rotatable bonds is 7. The van der Waals surface area contributed by atoms with Gasteiger partial charge in [0.2, 0.25) is 0 Å². The van der Waals surface area contributed by atoms with Crippen LogP contribution in [0, 0.1) is 6.92 Å². The molecule has 2 rings (SSSR count). The van der Waals surface area contributed by atoms with Crippen molar-refractivity contribution in [3.05, 3.63) is 32.6 Å². The van der Waals surface area contributed by atoms with Crippen molar-refractivity contribution in [1.82, 2.24) is 9.13 Å². The fraction of sp³-hybridized carbons (Fsp3) is 0.750. The van der Waals surface area contributed by atoms with Gasteiger partial charge in [0.25, 0.3) is 5.56 Å². The summed E-state index contributed by atoms with van der Waals surface area (Å²) in [4.78, 5) is 25.3. The van der Waals surface area contributed by atoms with E-state index in [2.05, 4.69) is 0 Å². The van der Waals surface area contributed by atoms with Crippen LogP contribution in [-0.2, 0) is 13.6 Å². The van der Waals surface area contributed by atoms with Crippen molar-refractivity contribution in [2.24, 2.45) is 7.05 Å². The van der Waals surface area contributed by atoms with E-state index in [1.807, 2.05) is 6.92 Å². The number of quaternary nitrogens is 1. The Morgan fingerprint density at radius 3 is 2.48 bits per heavy atom. The third kappa shape index (κ3) is 4.30. The van der Waals surface area contributed by atoms with Gasteiger partial charge in [0, 0.05) is 38.2 Å². The van der Waals surface area contributed by atoms with E-state index in [-0.39, 0.29) is 11.2 Å². The third-order valence-corrected chi connectivity index (χ3v) is 4.58. The molecule has 1 fully saturated rings.